The van der Waals surface area contributed by atoms with Gasteiger partial charge in [0.05, 0.1) is 19.3 Å². The molecule has 1 atom stereocenters. The summed E-state index contributed by atoms with van der Waals surface area (Å²) in [6.07, 6.45) is 0.208. The Labute approximate surface area is 180 Å². The molecule has 0 amide bonds. The summed E-state index contributed by atoms with van der Waals surface area (Å²) in [5, 5.41) is 28.0. The molecule has 1 aliphatic carbocycles. The fourth-order valence-corrected chi connectivity index (χ4v) is 4.61. The molecular weight excluding hydrogens is 400 g/mol. The van der Waals surface area contributed by atoms with Crippen molar-refractivity contribution in [1.29, 1.82) is 0 Å². The molecule has 2 aromatic rings. The van der Waals surface area contributed by atoms with E-state index in [2.05, 4.69) is 0 Å². The summed E-state index contributed by atoms with van der Waals surface area (Å²) in [5.74, 6) is -2.92. The van der Waals surface area contributed by atoms with E-state index in [4.69, 9.17) is 4.74 Å². The van der Waals surface area contributed by atoms with E-state index in [0.29, 0.717) is 6.61 Å². The smallest absolute Gasteiger partial charge is 0.303 e. The first kappa shape index (κ1) is 22.3. The number of hydrogen-bond acceptors (Lipinski definition) is 4. The van der Waals surface area contributed by atoms with E-state index in [1.54, 1.807) is 0 Å². The molecule has 3 rings (SSSR count). The third-order valence-electron chi connectivity index (χ3n) is 5.82. The van der Waals surface area contributed by atoms with Crippen LogP contribution in [0.2, 0.25) is 0 Å². The van der Waals surface area contributed by atoms with Crippen molar-refractivity contribution in [2.75, 3.05) is 0 Å². The maximum Gasteiger partial charge on any atom is 0.303 e. The second-order valence-corrected chi connectivity index (χ2v) is 8.29. The van der Waals surface area contributed by atoms with Crippen LogP contribution < -0.4 is 4.74 Å². The Bertz CT molecular complexity index is 911. The molecule has 1 aliphatic rings. The number of carboxylic acids is 3. The zero-order valence-corrected chi connectivity index (χ0v) is 17.1. The van der Waals surface area contributed by atoms with Crippen LogP contribution in [-0.2, 0) is 27.4 Å². The highest BCUT2D eigenvalue weighted by Crippen LogP contribution is 2.46. The monoisotopic (exact) mass is 426 g/mol. The minimum Gasteiger partial charge on any atom is -0.489 e. The number of hydrogen-bond donors (Lipinski definition) is 3. The Hall–Kier alpha value is -3.35. The van der Waals surface area contributed by atoms with Gasteiger partial charge >= 0.3 is 17.9 Å². The normalized spacial score (nSPS) is 15.3. The van der Waals surface area contributed by atoms with Crippen LogP contribution in [0.4, 0.5) is 0 Å². The van der Waals surface area contributed by atoms with Gasteiger partial charge in [0, 0.05) is 5.41 Å². The van der Waals surface area contributed by atoms with Crippen molar-refractivity contribution in [3.8, 4) is 5.75 Å². The second kappa shape index (κ2) is 9.64. The zero-order chi connectivity index (χ0) is 22.4. The number of ether oxygens (including phenoxy) is 1. The molecule has 31 heavy (non-hydrogen) atoms. The van der Waals surface area contributed by atoms with E-state index < -0.39 is 42.6 Å². The molecule has 0 aliphatic heterocycles. The van der Waals surface area contributed by atoms with Crippen LogP contribution in [0.25, 0.3) is 0 Å². The predicted octanol–water partition coefficient (Wildman–Crippen LogP) is 4.10. The first-order valence-corrected chi connectivity index (χ1v) is 10.2. The third kappa shape index (κ3) is 6.07. The summed E-state index contributed by atoms with van der Waals surface area (Å²) in [6.45, 7) is 0.446. The maximum absolute atomic E-state index is 11.4. The molecule has 0 bridgehead atoms. The van der Waals surface area contributed by atoms with Crippen molar-refractivity contribution >= 4 is 17.9 Å². The van der Waals surface area contributed by atoms with Gasteiger partial charge < -0.3 is 20.1 Å². The molecule has 0 saturated carbocycles. The van der Waals surface area contributed by atoms with Crippen molar-refractivity contribution in [2.45, 2.75) is 51.0 Å². The van der Waals surface area contributed by atoms with E-state index >= 15 is 0 Å². The first-order chi connectivity index (χ1) is 14.8. The fraction of sp³-hybridized carbons (Fsp3) is 0.375. The fourth-order valence-electron chi connectivity index (χ4n) is 4.61. The Morgan fingerprint density at radius 2 is 1.52 bits per heavy atom. The molecule has 0 saturated heterocycles. The Kier molecular flexibility index (Phi) is 6.95. The summed E-state index contributed by atoms with van der Waals surface area (Å²) in [7, 11) is 0. The van der Waals surface area contributed by atoms with Gasteiger partial charge in [0.25, 0.3) is 0 Å². The largest absolute Gasteiger partial charge is 0.489 e. The van der Waals surface area contributed by atoms with Gasteiger partial charge in [-0.25, -0.2) is 0 Å². The SMILES string of the molecule is O=C(O)CC(CC(=O)O)(CC(=O)O)C[C@H]1CCc2cc(OCc3ccccc3)ccc21. The van der Waals surface area contributed by atoms with E-state index in [1.165, 1.54) is 0 Å². The number of aryl methyl sites for hydroxylation is 1. The molecule has 0 spiro atoms. The number of fused-ring (bicyclic) bond motifs is 1. The maximum atomic E-state index is 11.4. The first-order valence-electron chi connectivity index (χ1n) is 10.2. The lowest BCUT2D eigenvalue weighted by Crippen LogP contribution is -2.32. The molecule has 0 radical (unpaired) electrons. The van der Waals surface area contributed by atoms with Gasteiger partial charge in [0.1, 0.15) is 12.4 Å². The van der Waals surface area contributed by atoms with Crippen molar-refractivity contribution in [2.24, 2.45) is 5.41 Å². The summed E-state index contributed by atoms with van der Waals surface area (Å²) < 4.78 is 5.88. The topological polar surface area (TPSA) is 121 Å². The van der Waals surface area contributed by atoms with E-state index in [1.807, 2.05) is 48.5 Å². The molecular formula is C24H26O7. The van der Waals surface area contributed by atoms with Gasteiger partial charge in [-0.15, -0.1) is 0 Å². The molecule has 164 valence electrons. The summed E-state index contributed by atoms with van der Waals surface area (Å²) in [6, 6.07) is 15.6. The van der Waals surface area contributed by atoms with Gasteiger partial charge in [-0.05, 0) is 54.0 Å². The summed E-state index contributed by atoms with van der Waals surface area (Å²) >= 11 is 0. The number of carboxylic acid groups (broad SMARTS) is 3. The van der Waals surface area contributed by atoms with Gasteiger partial charge in [-0.3, -0.25) is 14.4 Å². The van der Waals surface area contributed by atoms with Crippen LogP contribution in [0.3, 0.4) is 0 Å². The highest BCUT2D eigenvalue weighted by molar-refractivity contribution is 5.75. The van der Waals surface area contributed by atoms with Crippen LogP contribution >= 0.6 is 0 Å². The van der Waals surface area contributed by atoms with Gasteiger partial charge in [-0.1, -0.05) is 36.4 Å². The van der Waals surface area contributed by atoms with Crippen LogP contribution in [0.5, 0.6) is 5.75 Å². The number of aliphatic carboxylic acids is 3. The number of carbonyl (C=O) groups is 3. The molecule has 7 nitrogen and oxygen atoms in total. The Balaban J connectivity index is 1.77. The molecule has 0 heterocycles. The van der Waals surface area contributed by atoms with Crippen LogP contribution in [-0.4, -0.2) is 33.2 Å². The van der Waals surface area contributed by atoms with Crippen molar-refractivity contribution in [1.82, 2.24) is 0 Å². The lowest BCUT2D eigenvalue weighted by atomic mass is 9.70. The van der Waals surface area contributed by atoms with Crippen LogP contribution in [0.1, 0.15) is 54.7 Å². The van der Waals surface area contributed by atoms with Gasteiger partial charge in [-0.2, -0.15) is 0 Å². The molecule has 0 fully saturated rings. The van der Waals surface area contributed by atoms with Gasteiger partial charge in [0.15, 0.2) is 0 Å². The minimum atomic E-state index is -1.34. The second-order valence-electron chi connectivity index (χ2n) is 8.29. The quantitative estimate of drug-likeness (QED) is 0.495. The van der Waals surface area contributed by atoms with Gasteiger partial charge in [0.2, 0.25) is 0 Å². The average molecular weight is 426 g/mol. The van der Waals surface area contributed by atoms with Crippen LogP contribution in [0.15, 0.2) is 48.5 Å². The molecule has 7 heteroatoms. The molecule has 0 unspecified atom stereocenters. The standard InChI is InChI=1S/C24H26O7/c25-21(26)12-24(13-22(27)28,14-23(29)30)11-18-7-6-17-10-19(8-9-20(17)18)31-15-16-4-2-1-3-5-16/h1-5,8-10,18H,6-7,11-15H2,(H,25,26)(H,27,28)(H,29,30)/t18-/m1/s1. The predicted molar refractivity (Wildman–Crippen MR) is 112 cm³/mol. The summed E-state index contributed by atoms with van der Waals surface area (Å²) in [4.78, 5) is 34.3. The highest BCUT2D eigenvalue weighted by atomic mass is 16.5. The lowest BCUT2D eigenvalue weighted by Gasteiger charge is -2.32. The number of rotatable bonds is 11. The zero-order valence-electron chi connectivity index (χ0n) is 17.1. The number of benzene rings is 2. The van der Waals surface area contributed by atoms with E-state index in [9.17, 15) is 29.7 Å². The molecule has 2 aromatic carbocycles. The minimum absolute atomic E-state index is 0.0868. The van der Waals surface area contributed by atoms with E-state index in [-0.39, 0.29) is 12.3 Å². The van der Waals surface area contributed by atoms with Crippen molar-refractivity contribution in [3.63, 3.8) is 0 Å². The van der Waals surface area contributed by atoms with Crippen LogP contribution in [0, 0.1) is 5.41 Å². The molecule has 0 aromatic heterocycles. The van der Waals surface area contributed by atoms with E-state index in [0.717, 1.165) is 35.3 Å². The third-order valence-corrected chi connectivity index (χ3v) is 5.82. The lowest BCUT2D eigenvalue weighted by molar-refractivity contribution is -0.148. The summed E-state index contributed by atoms with van der Waals surface area (Å²) in [5.41, 5.74) is 1.81. The Morgan fingerprint density at radius 1 is 0.903 bits per heavy atom. The van der Waals surface area contributed by atoms with Crippen molar-refractivity contribution in [3.05, 3.63) is 65.2 Å². The average Bonchev–Trinajstić information content (AvgIpc) is 3.07. The van der Waals surface area contributed by atoms with Crippen molar-refractivity contribution < 1.29 is 34.4 Å². The molecule has 3 N–H and O–H groups in total. The Morgan fingerprint density at radius 3 is 2.10 bits per heavy atom. The highest BCUT2D eigenvalue weighted by Gasteiger charge is 2.41.